The Morgan fingerprint density at radius 1 is 0.941 bits per heavy atom. The van der Waals surface area contributed by atoms with Gasteiger partial charge in [-0.25, -0.2) is 8.42 Å². The minimum Gasteiger partial charge on any atom is -0.363 e. The molecule has 0 aliphatic heterocycles. The third-order valence-electron chi connectivity index (χ3n) is 2.84. The van der Waals surface area contributed by atoms with Crippen molar-refractivity contribution in [1.29, 1.82) is 0 Å². The molecular formula is C13H28O3S. The van der Waals surface area contributed by atoms with Crippen LogP contribution in [-0.4, -0.2) is 26.2 Å². The number of rotatable bonds is 11. The lowest BCUT2D eigenvalue weighted by Gasteiger charge is -2.13. The fourth-order valence-electron chi connectivity index (χ4n) is 1.64. The van der Waals surface area contributed by atoms with Crippen LogP contribution in [0, 0.1) is 0 Å². The van der Waals surface area contributed by atoms with Gasteiger partial charge < -0.3 is 4.74 Å². The summed E-state index contributed by atoms with van der Waals surface area (Å²) < 4.78 is 28.9. The first-order valence-electron chi connectivity index (χ1n) is 6.87. The largest absolute Gasteiger partial charge is 0.363 e. The molecule has 0 N–H and O–H groups in total. The lowest BCUT2D eigenvalue weighted by Crippen LogP contribution is -2.24. The Kier molecular flexibility index (Phi) is 9.84. The summed E-state index contributed by atoms with van der Waals surface area (Å²) >= 11 is 0. The van der Waals surface area contributed by atoms with Crippen molar-refractivity contribution >= 4 is 9.84 Å². The van der Waals surface area contributed by atoms with Crippen molar-refractivity contribution in [1.82, 2.24) is 0 Å². The van der Waals surface area contributed by atoms with Crippen molar-refractivity contribution in [2.45, 2.75) is 71.2 Å². The van der Waals surface area contributed by atoms with Gasteiger partial charge in [0, 0.05) is 6.61 Å². The lowest BCUT2D eigenvalue weighted by atomic mass is 10.1. The molecule has 4 heteroatoms. The molecule has 3 nitrogen and oxygen atoms in total. The molecule has 0 spiro atoms. The highest BCUT2D eigenvalue weighted by Crippen LogP contribution is 2.10. The number of hydrogen-bond donors (Lipinski definition) is 0. The lowest BCUT2D eigenvalue weighted by molar-refractivity contribution is 0.117. The summed E-state index contributed by atoms with van der Waals surface area (Å²) in [5.74, 6) is 0.268. The van der Waals surface area contributed by atoms with E-state index >= 15 is 0 Å². The number of ether oxygens (including phenoxy) is 1. The molecule has 0 rings (SSSR count). The molecule has 0 aliphatic carbocycles. The summed E-state index contributed by atoms with van der Waals surface area (Å²) in [6.45, 7) is 6.32. The topological polar surface area (TPSA) is 43.4 Å². The third-order valence-corrected chi connectivity index (χ3v) is 4.85. The van der Waals surface area contributed by atoms with E-state index in [0.29, 0.717) is 6.61 Å². The average Bonchev–Trinajstić information content (AvgIpc) is 2.30. The molecule has 0 radical (unpaired) electrons. The Balaban J connectivity index is 3.70. The molecule has 1 atom stereocenters. The monoisotopic (exact) mass is 264 g/mol. The van der Waals surface area contributed by atoms with Crippen molar-refractivity contribution in [3.8, 4) is 0 Å². The maximum absolute atomic E-state index is 11.8. The van der Waals surface area contributed by atoms with Crippen LogP contribution in [-0.2, 0) is 14.6 Å². The van der Waals surface area contributed by atoms with Crippen LogP contribution in [0.15, 0.2) is 0 Å². The molecule has 0 bridgehead atoms. The maximum atomic E-state index is 11.8. The van der Waals surface area contributed by atoms with Crippen molar-refractivity contribution in [3.05, 3.63) is 0 Å². The number of sulfone groups is 1. The van der Waals surface area contributed by atoms with Gasteiger partial charge in [-0.2, -0.15) is 0 Å². The van der Waals surface area contributed by atoms with Gasteiger partial charge in [0.15, 0.2) is 15.3 Å². The van der Waals surface area contributed by atoms with Gasteiger partial charge in [0.1, 0.15) is 0 Å². The van der Waals surface area contributed by atoms with E-state index in [1.165, 1.54) is 19.3 Å². The molecule has 104 valence electrons. The van der Waals surface area contributed by atoms with Crippen LogP contribution < -0.4 is 0 Å². The Labute approximate surface area is 107 Å². The summed E-state index contributed by atoms with van der Waals surface area (Å²) in [5, 5.41) is 0. The first kappa shape index (κ1) is 16.9. The molecular weight excluding hydrogens is 236 g/mol. The van der Waals surface area contributed by atoms with Crippen LogP contribution in [0.25, 0.3) is 0 Å². The molecule has 0 amide bonds. The van der Waals surface area contributed by atoms with Gasteiger partial charge in [-0.3, -0.25) is 0 Å². The second-order valence-corrected chi connectivity index (χ2v) is 6.97. The van der Waals surface area contributed by atoms with Crippen LogP contribution in [0.3, 0.4) is 0 Å². The molecule has 1 unspecified atom stereocenters. The van der Waals surface area contributed by atoms with Gasteiger partial charge in [0.25, 0.3) is 0 Å². The zero-order chi connectivity index (χ0) is 13.1. The van der Waals surface area contributed by atoms with Gasteiger partial charge in [0.05, 0.1) is 5.75 Å². The summed E-state index contributed by atoms with van der Waals surface area (Å²) in [6, 6.07) is 0. The molecule has 0 fully saturated rings. The Morgan fingerprint density at radius 3 is 2.12 bits per heavy atom. The highest BCUT2D eigenvalue weighted by atomic mass is 32.2. The van der Waals surface area contributed by atoms with Crippen molar-refractivity contribution in [3.63, 3.8) is 0 Å². The smallest absolute Gasteiger partial charge is 0.176 e. The molecule has 0 aromatic rings. The van der Waals surface area contributed by atoms with Gasteiger partial charge >= 0.3 is 0 Å². The van der Waals surface area contributed by atoms with Crippen molar-refractivity contribution in [2.75, 3.05) is 12.4 Å². The number of hydrogen-bond acceptors (Lipinski definition) is 3. The van der Waals surface area contributed by atoms with E-state index in [1.807, 2.05) is 6.92 Å². The van der Waals surface area contributed by atoms with Crippen LogP contribution in [0.5, 0.6) is 0 Å². The molecule has 17 heavy (non-hydrogen) atoms. The molecule has 0 saturated carbocycles. The van der Waals surface area contributed by atoms with Crippen LogP contribution in [0.2, 0.25) is 0 Å². The first-order chi connectivity index (χ1) is 8.04. The minimum atomic E-state index is -3.05. The predicted octanol–water partition coefficient (Wildman–Crippen LogP) is 3.53. The predicted molar refractivity (Wildman–Crippen MR) is 72.9 cm³/mol. The quantitative estimate of drug-likeness (QED) is 0.536. The molecule has 0 saturated heterocycles. The zero-order valence-electron chi connectivity index (χ0n) is 11.6. The zero-order valence-corrected chi connectivity index (χ0v) is 12.4. The molecule has 0 aromatic heterocycles. The van der Waals surface area contributed by atoms with Gasteiger partial charge in [0.2, 0.25) is 0 Å². The van der Waals surface area contributed by atoms with E-state index in [1.54, 1.807) is 6.92 Å². The highest BCUT2D eigenvalue weighted by molar-refractivity contribution is 7.91. The summed E-state index contributed by atoms with van der Waals surface area (Å²) in [7, 11) is -3.05. The molecule has 0 heterocycles. The van der Waals surface area contributed by atoms with E-state index in [-0.39, 0.29) is 5.75 Å². The van der Waals surface area contributed by atoms with Crippen LogP contribution in [0.4, 0.5) is 0 Å². The van der Waals surface area contributed by atoms with E-state index in [4.69, 9.17) is 4.74 Å². The fourth-order valence-corrected chi connectivity index (χ4v) is 2.88. The standard InChI is InChI=1S/C13H28O3S/c1-4-6-7-8-9-10-12-17(14,15)13(3)16-11-5-2/h13H,4-12H2,1-3H3. The van der Waals surface area contributed by atoms with Crippen LogP contribution >= 0.6 is 0 Å². The average molecular weight is 264 g/mol. The summed E-state index contributed by atoms with van der Waals surface area (Å²) in [6.07, 6.45) is 7.48. The Hall–Kier alpha value is -0.0900. The molecule has 0 aliphatic rings. The van der Waals surface area contributed by atoms with E-state index in [9.17, 15) is 8.42 Å². The fraction of sp³-hybridized carbons (Fsp3) is 1.00. The second kappa shape index (κ2) is 9.89. The Morgan fingerprint density at radius 2 is 1.53 bits per heavy atom. The SMILES string of the molecule is CCCCCCCCS(=O)(=O)C(C)OCCC. The number of unbranched alkanes of at least 4 members (excludes halogenated alkanes) is 5. The van der Waals surface area contributed by atoms with Gasteiger partial charge in [-0.1, -0.05) is 46.0 Å². The van der Waals surface area contributed by atoms with Gasteiger partial charge in [-0.05, 0) is 19.8 Å². The molecule has 0 aromatic carbocycles. The highest BCUT2D eigenvalue weighted by Gasteiger charge is 2.20. The van der Waals surface area contributed by atoms with Crippen LogP contribution in [0.1, 0.15) is 65.7 Å². The van der Waals surface area contributed by atoms with Crippen molar-refractivity contribution in [2.24, 2.45) is 0 Å². The summed E-state index contributed by atoms with van der Waals surface area (Å²) in [5.41, 5.74) is -0.641. The van der Waals surface area contributed by atoms with Crippen molar-refractivity contribution < 1.29 is 13.2 Å². The van der Waals surface area contributed by atoms with E-state index in [0.717, 1.165) is 25.7 Å². The second-order valence-electron chi connectivity index (χ2n) is 4.57. The minimum absolute atomic E-state index is 0.268. The van der Waals surface area contributed by atoms with Gasteiger partial charge in [-0.15, -0.1) is 0 Å². The maximum Gasteiger partial charge on any atom is 0.176 e. The normalized spacial score (nSPS) is 13.8. The summed E-state index contributed by atoms with van der Waals surface area (Å²) in [4.78, 5) is 0. The third kappa shape index (κ3) is 8.61. The Bertz CT molecular complexity index is 260. The van der Waals surface area contributed by atoms with E-state index < -0.39 is 15.3 Å². The first-order valence-corrected chi connectivity index (χ1v) is 8.59. The van der Waals surface area contributed by atoms with E-state index in [2.05, 4.69) is 6.92 Å².